The van der Waals surface area contributed by atoms with Crippen molar-refractivity contribution in [3.8, 4) is 0 Å². The topological polar surface area (TPSA) is 50.9 Å². The van der Waals surface area contributed by atoms with E-state index in [1.54, 1.807) is 0 Å². The van der Waals surface area contributed by atoms with Gasteiger partial charge in [-0.25, -0.2) is 0 Å². The van der Waals surface area contributed by atoms with Gasteiger partial charge in [-0.3, -0.25) is 0 Å². The fourth-order valence-corrected chi connectivity index (χ4v) is 0.787. The Bertz CT molecular complexity index is 139. The number of hydrazine groups is 1. The maximum absolute atomic E-state index is 11.0. The highest BCUT2D eigenvalue weighted by molar-refractivity contribution is 9.09. The lowest BCUT2D eigenvalue weighted by molar-refractivity contribution is -0.709. The monoisotopic (exact) mass is 239 g/mol. The minimum absolute atomic E-state index is 0.403. The van der Waals surface area contributed by atoms with Crippen molar-refractivity contribution in [2.24, 2.45) is 5.28 Å². The number of rotatable bonds is 6. The molecule has 0 radical (unpaired) electrons. The fourth-order valence-electron chi connectivity index (χ4n) is 0.642. The first-order valence-corrected chi connectivity index (χ1v) is 4.99. The first-order chi connectivity index (χ1) is 5.76. The summed E-state index contributed by atoms with van der Waals surface area (Å²) in [7, 11) is 0. The summed E-state index contributed by atoms with van der Waals surface area (Å²) in [6.07, 6.45) is 0. The number of halogens is 1. The van der Waals surface area contributed by atoms with Crippen molar-refractivity contribution in [3.05, 3.63) is 5.21 Å². The molecule has 0 aliphatic carbocycles. The van der Waals surface area contributed by atoms with E-state index < -0.39 is 0 Å². The van der Waals surface area contributed by atoms with Crippen LogP contribution in [0.2, 0.25) is 0 Å². The molecule has 0 saturated heterocycles. The van der Waals surface area contributed by atoms with Gasteiger partial charge in [0.05, 0.1) is 18.1 Å². The number of nitrogens with zero attached hydrogens (tertiary/aromatic N) is 3. The highest BCUT2D eigenvalue weighted by atomic mass is 79.9. The zero-order valence-corrected chi connectivity index (χ0v) is 8.95. The van der Waals surface area contributed by atoms with Gasteiger partial charge in [0.25, 0.3) is 0 Å². The Hall–Kier alpha value is -0.520. The molecule has 0 bridgehead atoms. The van der Waals surface area contributed by atoms with Crippen LogP contribution in [0.5, 0.6) is 0 Å². The van der Waals surface area contributed by atoms with Gasteiger partial charge < -0.3 is 10.0 Å². The smallest absolute Gasteiger partial charge is 0.233 e. The van der Waals surface area contributed by atoms with E-state index >= 15 is 0 Å². The van der Waals surface area contributed by atoms with Crippen molar-refractivity contribution in [1.29, 1.82) is 0 Å². The first kappa shape index (κ1) is 11.5. The molecule has 0 aliphatic heterocycles. The Morgan fingerprint density at radius 3 is 2.50 bits per heavy atom. The molecule has 0 amide bonds. The molecule has 0 aromatic carbocycles. The van der Waals surface area contributed by atoms with Crippen molar-refractivity contribution >= 4 is 15.9 Å². The molecule has 0 spiro atoms. The van der Waals surface area contributed by atoms with Crippen LogP contribution in [0.15, 0.2) is 5.28 Å². The minimum atomic E-state index is 0.403. The Kier molecular flexibility index (Phi) is 6.84. The standard InChI is InChI=1S/C6H14BrN3O2/c1-3-9(4-2)10(11)8-12-6-5-7/h3-6H2,1-2H3/b10-8-. The van der Waals surface area contributed by atoms with E-state index in [1.807, 2.05) is 13.8 Å². The maximum atomic E-state index is 11.0. The molecule has 0 heterocycles. The molecule has 0 atom stereocenters. The molecule has 0 aromatic rings. The van der Waals surface area contributed by atoms with Gasteiger partial charge in [-0.1, -0.05) is 15.9 Å². The minimum Gasteiger partial charge on any atom is -0.569 e. The molecular formula is C6H14BrN3O2. The molecule has 0 saturated carbocycles. The normalized spacial score (nSPS) is 11.4. The van der Waals surface area contributed by atoms with E-state index in [0.717, 1.165) is 0 Å². The molecule has 0 N–H and O–H groups in total. The van der Waals surface area contributed by atoms with Gasteiger partial charge in [0.2, 0.25) is 5.28 Å². The van der Waals surface area contributed by atoms with Crippen LogP contribution >= 0.6 is 15.9 Å². The van der Waals surface area contributed by atoms with Crippen molar-refractivity contribution < 1.29 is 9.81 Å². The van der Waals surface area contributed by atoms with E-state index in [2.05, 4.69) is 26.0 Å². The van der Waals surface area contributed by atoms with Crippen LogP contribution in [0.4, 0.5) is 0 Å². The third kappa shape index (κ3) is 4.38. The molecule has 0 fully saturated rings. The Morgan fingerprint density at radius 2 is 2.08 bits per heavy atom. The third-order valence-electron chi connectivity index (χ3n) is 1.27. The summed E-state index contributed by atoms with van der Waals surface area (Å²) in [5.74, 6) is 0. The van der Waals surface area contributed by atoms with E-state index in [1.165, 1.54) is 5.01 Å². The quantitative estimate of drug-likeness (QED) is 0.232. The summed E-state index contributed by atoms with van der Waals surface area (Å²) in [6.45, 7) is 5.42. The number of hydrogen-bond acceptors (Lipinski definition) is 3. The van der Waals surface area contributed by atoms with Gasteiger partial charge in [-0.2, -0.15) is 0 Å². The largest absolute Gasteiger partial charge is 0.569 e. The lowest BCUT2D eigenvalue weighted by Gasteiger charge is -2.12. The Balaban J connectivity index is 3.79. The van der Waals surface area contributed by atoms with E-state index in [9.17, 15) is 5.21 Å². The van der Waals surface area contributed by atoms with E-state index in [4.69, 9.17) is 0 Å². The molecule has 0 aromatic heterocycles. The van der Waals surface area contributed by atoms with E-state index in [0.29, 0.717) is 30.0 Å². The Morgan fingerprint density at radius 1 is 1.50 bits per heavy atom. The van der Waals surface area contributed by atoms with Gasteiger partial charge in [-0.15, -0.1) is 5.01 Å². The third-order valence-corrected chi connectivity index (χ3v) is 1.59. The van der Waals surface area contributed by atoms with Crippen LogP contribution in [-0.2, 0) is 4.84 Å². The summed E-state index contributed by atoms with van der Waals surface area (Å²) >= 11 is 3.15. The second kappa shape index (κ2) is 7.15. The first-order valence-electron chi connectivity index (χ1n) is 3.87. The highest BCUT2D eigenvalue weighted by Gasteiger charge is 2.05. The second-order valence-electron chi connectivity index (χ2n) is 2.00. The SMILES string of the molecule is CCN(CC)/[N+]([O-])=N/OCCBr. The van der Waals surface area contributed by atoms with Crippen molar-refractivity contribution in [3.63, 3.8) is 0 Å². The predicted octanol–water partition coefficient (Wildman–Crippen LogP) is 1.53. The lowest BCUT2D eigenvalue weighted by Crippen LogP contribution is -2.30. The van der Waals surface area contributed by atoms with Crippen molar-refractivity contribution in [2.45, 2.75) is 13.8 Å². The summed E-state index contributed by atoms with van der Waals surface area (Å²) in [5, 5.41) is 16.5. The van der Waals surface area contributed by atoms with Gasteiger partial charge in [-0.05, 0) is 13.8 Å². The molecule has 5 nitrogen and oxygen atoms in total. The summed E-state index contributed by atoms with van der Waals surface area (Å²) in [4.78, 5) is 5.15. The van der Waals surface area contributed by atoms with Crippen LogP contribution in [0.1, 0.15) is 13.8 Å². The Labute approximate surface area is 80.6 Å². The predicted molar refractivity (Wildman–Crippen MR) is 48.7 cm³/mol. The van der Waals surface area contributed by atoms with E-state index in [-0.39, 0.29) is 0 Å². The average Bonchev–Trinajstić information content (AvgIpc) is 2.07. The molecule has 72 valence electrons. The number of alkyl halides is 1. The zero-order chi connectivity index (χ0) is 9.40. The summed E-state index contributed by atoms with van der Waals surface area (Å²) < 4.78 is 0. The van der Waals surface area contributed by atoms with Crippen LogP contribution in [0, 0.1) is 5.21 Å². The molecule has 6 heteroatoms. The molecular weight excluding hydrogens is 226 g/mol. The lowest BCUT2D eigenvalue weighted by atomic mass is 10.6. The molecule has 0 aliphatic rings. The highest BCUT2D eigenvalue weighted by Crippen LogP contribution is 1.90. The van der Waals surface area contributed by atoms with Crippen molar-refractivity contribution in [1.82, 2.24) is 5.01 Å². The van der Waals surface area contributed by atoms with Gasteiger partial charge in [0, 0.05) is 5.33 Å². The fraction of sp³-hybridized carbons (Fsp3) is 1.00. The van der Waals surface area contributed by atoms with Crippen LogP contribution in [0.25, 0.3) is 0 Å². The van der Waals surface area contributed by atoms with Gasteiger partial charge in [0.15, 0.2) is 0 Å². The molecule has 0 rings (SSSR count). The second-order valence-corrected chi connectivity index (χ2v) is 2.79. The maximum Gasteiger partial charge on any atom is 0.233 e. The van der Waals surface area contributed by atoms with Gasteiger partial charge >= 0.3 is 0 Å². The average molecular weight is 240 g/mol. The van der Waals surface area contributed by atoms with Crippen LogP contribution in [-0.4, -0.2) is 35.0 Å². The zero-order valence-electron chi connectivity index (χ0n) is 7.36. The molecule has 0 unspecified atom stereocenters. The van der Waals surface area contributed by atoms with Crippen LogP contribution < -0.4 is 0 Å². The van der Waals surface area contributed by atoms with Crippen molar-refractivity contribution in [2.75, 3.05) is 25.0 Å². The number of hydrogen-bond donors (Lipinski definition) is 0. The van der Waals surface area contributed by atoms with Crippen LogP contribution in [0.3, 0.4) is 0 Å². The van der Waals surface area contributed by atoms with Gasteiger partial charge in [0.1, 0.15) is 6.61 Å². The summed E-state index contributed by atoms with van der Waals surface area (Å²) in [6, 6.07) is 0. The molecule has 12 heavy (non-hydrogen) atoms. The summed E-state index contributed by atoms with van der Waals surface area (Å²) in [5.41, 5.74) is 0.